The Bertz CT molecular complexity index is 427. The largest absolute Gasteiger partial charge is 0.310 e. The lowest BCUT2D eigenvalue weighted by molar-refractivity contribution is 0.273. The zero-order chi connectivity index (χ0) is 14.5. The standard InChI is InChI=1S/C17H25BrFN/c1-12-3-5-14(6-4-12)9-10-20-13(2)15-7-8-17(19)16(18)11-15/h7-8,11-14,20H,3-6,9-10H2,1-2H3. The molecule has 0 saturated heterocycles. The van der Waals surface area contributed by atoms with Crippen LogP contribution in [0.1, 0.15) is 57.6 Å². The lowest BCUT2D eigenvalue weighted by atomic mass is 9.81. The molecular weight excluding hydrogens is 317 g/mol. The highest BCUT2D eigenvalue weighted by molar-refractivity contribution is 9.10. The molecule has 1 saturated carbocycles. The van der Waals surface area contributed by atoms with E-state index in [-0.39, 0.29) is 11.9 Å². The summed E-state index contributed by atoms with van der Waals surface area (Å²) in [7, 11) is 0. The Kier molecular flexibility index (Phi) is 6.03. The molecule has 2 rings (SSSR count). The average Bonchev–Trinajstić information content (AvgIpc) is 2.44. The van der Waals surface area contributed by atoms with Crippen molar-refractivity contribution in [2.24, 2.45) is 11.8 Å². The maximum Gasteiger partial charge on any atom is 0.137 e. The Morgan fingerprint density at radius 3 is 2.65 bits per heavy atom. The summed E-state index contributed by atoms with van der Waals surface area (Å²) in [4.78, 5) is 0. The summed E-state index contributed by atoms with van der Waals surface area (Å²) >= 11 is 3.25. The Balaban J connectivity index is 1.74. The van der Waals surface area contributed by atoms with E-state index in [9.17, 15) is 4.39 Å². The van der Waals surface area contributed by atoms with Gasteiger partial charge in [0.25, 0.3) is 0 Å². The van der Waals surface area contributed by atoms with Crippen LogP contribution in [-0.4, -0.2) is 6.54 Å². The molecule has 1 N–H and O–H groups in total. The van der Waals surface area contributed by atoms with Crippen molar-refractivity contribution in [2.75, 3.05) is 6.54 Å². The summed E-state index contributed by atoms with van der Waals surface area (Å²) in [6.07, 6.45) is 6.83. The number of halogens is 2. The first-order valence-electron chi connectivity index (χ1n) is 7.74. The minimum atomic E-state index is -0.197. The number of rotatable bonds is 5. The van der Waals surface area contributed by atoms with E-state index in [1.807, 2.05) is 12.1 Å². The molecule has 1 aromatic carbocycles. The average molecular weight is 342 g/mol. The molecule has 3 heteroatoms. The maximum absolute atomic E-state index is 13.2. The SMILES string of the molecule is CC1CCC(CCNC(C)c2ccc(F)c(Br)c2)CC1. The van der Waals surface area contributed by atoms with Gasteiger partial charge in [0, 0.05) is 6.04 Å². The van der Waals surface area contributed by atoms with Gasteiger partial charge in [-0.1, -0.05) is 38.7 Å². The van der Waals surface area contributed by atoms with Crippen molar-refractivity contribution in [3.8, 4) is 0 Å². The molecule has 1 aromatic rings. The van der Waals surface area contributed by atoms with E-state index in [1.165, 1.54) is 38.2 Å². The summed E-state index contributed by atoms with van der Waals surface area (Å²) in [5.74, 6) is 1.62. The van der Waals surface area contributed by atoms with Crippen molar-refractivity contribution in [1.82, 2.24) is 5.32 Å². The van der Waals surface area contributed by atoms with E-state index in [1.54, 1.807) is 0 Å². The van der Waals surface area contributed by atoms with Gasteiger partial charge in [0.15, 0.2) is 0 Å². The van der Waals surface area contributed by atoms with E-state index in [2.05, 4.69) is 35.1 Å². The first-order chi connectivity index (χ1) is 9.56. The van der Waals surface area contributed by atoms with E-state index in [0.29, 0.717) is 4.47 Å². The first-order valence-corrected chi connectivity index (χ1v) is 8.54. The van der Waals surface area contributed by atoms with Crippen molar-refractivity contribution in [3.05, 3.63) is 34.1 Å². The summed E-state index contributed by atoms with van der Waals surface area (Å²) in [6, 6.07) is 5.53. The quantitative estimate of drug-likeness (QED) is 0.750. The summed E-state index contributed by atoms with van der Waals surface area (Å²) < 4.78 is 13.8. The zero-order valence-electron chi connectivity index (χ0n) is 12.5. The smallest absolute Gasteiger partial charge is 0.137 e. The van der Waals surface area contributed by atoms with Crippen LogP contribution < -0.4 is 5.32 Å². The number of hydrogen-bond donors (Lipinski definition) is 1. The molecule has 0 spiro atoms. The van der Waals surface area contributed by atoms with Gasteiger partial charge in [0.05, 0.1) is 4.47 Å². The summed E-state index contributed by atoms with van der Waals surface area (Å²) in [6.45, 7) is 5.56. The monoisotopic (exact) mass is 341 g/mol. The van der Waals surface area contributed by atoms with Crippen LogP contribution in [0.25, 0.3) is 0 Å². The highest BCUT2D eigenvalue weighted by Gasteiger charge is 2.18. The Labute approximate surface area is 130 Å². The normalized spacial score (nSPS) is 24.6. The van der Waals surface area contributed by atoms with Crippen molar-refractivity contribution < 1.29 is 4.39 Å². The fourth-order valence-corrected chi connectivity index (χ4v) is 3.42. The molecule has 1 atom stereocenters. The van der Waals surface area contributed by atoms with Crippen molar-refractivity contribution >= 4 is 15.9 Å². The Hall–Kier alpha value is -0.410. The van der Waals surface area contributed by atoms with Gasteiger partial charge in [0.2, 0.25) is 0 Å². The van der Waals surface area contributed by atoms with Gasteiger partial charge in [-0.05, 0) is 65.4 Å². The van der Waals surface area contributed by atoms with Gasteiger partial charge in [0.1, 0.15) is 5.82 Å². The second-order valence-corrected chi connectivity index (χ2v) is 7.12. The topological polar surface area (TPSA) is 12.0 Å². The van der Waals surface area contributed by atoms with Crippen LogP contribution >= 0.6 is 15.9 Å². The minimum Gasteiger partial charge on any atom is -0.310 e. The molecule has 1 nitrogen and oxygen atoms in total. The van der Waals surface area contributed by atoms with Crippen LogP contribution in [0.2, 0.25) is 0 Å². The summed E-state index contributed by atoms with van der Waals surface area (Å²) in [5, 5.41) is 3.56. The molecule has 20 heavy (non-hydrogen) atoms. The fraction of sp³-hybridized carbons (Fsp3) is 0.647. The van der Waals surface area contributed by atoms with Crippen LogP contribution in [0.3, 0.4) is 0 Å². The molecule has 1 unspecified atom stereocenters. The van der Waals surface area contributed by atoms with E-state index in [4.69, 9.17) is 0 Å². The Morgan fingerprint density at radius 1 is 1.30 bits per heavy atom. The molecule has 1 aliphatic carbocycles. The van der Waals surface area contributed by atoms with Crippen molar-refractivity contribution in [3.63, 3.8) is 0 Å². The van der Waals surface area contributed by atoms with Crippen LogP contribution in [0.15, 0.2) is 22.7 Å². The molecular formula is C17H25BrFN. The third kappa shape index (κ3) is 4.56. The predicted molar refractivity (Wildman–Crippen MR) is 86.3 cm³/mol. The third-order valence-corrected chi connectivity index (χ3v) is 5.19. The van der Waals surface area contributed by atoms with Crippen LogP contribution in [-0.2, 0) is 0 Å². The highest BCUT2D eigenvalue weighted by atomic mass is 79.9. The molecule has 0 amide bonds. The zero-order valence-corrected chi connectivity index (χ0v) is 14.0. The molecule has 0 radical (unpaired) electrons. The first kappa shape index (κ1) is 16.0. The maximum atomic E-state index is 13.2. The van der Waals surface area contributed by atoms with Gasteiger partial charge < -0.3 is 5.32 Å². The van der Waals surface area contributed by atoms with E-state index < -0.39 is 0 Å². The number of nitrogens with one attached hydrogen (secondary N) is 1. The van der Waals surface area contributed by atoms with Gasteiger partial charge in [-0.3, -0.25) is 0 Å². The molecule has 0 aliphatic heterocycles. The molecule has 1 fully saturated rings. The van der Waals surface area contributed by atoms with Gasteiger partial charge in [-0.15, -0.1) is 0 Å². The van der Waals surface area contributed by atoms with Crippen molar-refractivity contribution in [1.29, 1.82) is 0 Å². The molecule has 112 valence electrons. The second-order valence-electron chi connectivity index (χ2n) is 6.26. The van der Waals surface area contributed by atoms with Gasteiger partial charge in [-0.25, -0.2) is 4.39 Å². The molecule has 0 bridgehead atoms. The van der Waals surface area contributed by atoms with Gasteiger partial charge >= 0.3 is 0 Å². The molecule has 0 heterocycles. The van der Waals surface area contributed by atoms with E-state index >= 15 is 0 Å². The Morgan fingerprint density at radius 2 is 2.00 bits per heavy atom. The predicted octanol–water partition coefficient (Wildman–Crippen LogP) is 5.46. The van der Waals surface area contributed by atoms with Crippen LogP contribution in [0.5, 0.6) is 0 Å². The number of benzene rings is 1. The van der Waals surface area contributed by atoms with E-state index in [0.717, 1.165) is 23.9 Å². The van der Waals surface area contributed by atoms with Crippen molar-refractivity contribution in [2.45, 2.75) is 52.0 Å². The number of hydrogen-bond acceptors (Lipinski definition) is 1. The molecule has 0 aromatic heterocycles. The van der Waals surface area contributed by atoms with Crippen LogP contribution in [0, 0.1) is 17.7 Å². The fourth-order valence-electron chi connectivity index (χ4n) is 3.02. The van der Waals surface area contributed by atoms with Crippen LogP contribution in [0.4, 0.5) is 4.39 Å². The lowest BCUT2D eigenvalue weighted by Gasteiger charge is -2.26. The third-order valence-electron chi connectivity index (χ3n) is 4.58. The summed E-state index contributed by atoms with van der Waals surface area (Å²) in [5.41, 5.74) is 1.13. The second kappa shape index (κ2) is 7.56. The minimum absolute atomic E-state index is 0.197. The lowest BCUT2D eigenvalue weighted by Crippen LogP contribution is -2.23. The molecule has 1 aliphatic rings. The highest BCUT2D eigenvalue weighted by Crippen LogP contribution is 2.30. The van der Waals surface area contributed by atoms with Gasteiger partial charge in [-0.2, -0.15) is 0 Å².